The first-order chi connectivity index (χ1) is 12.1. The van der Waals surface area contributed by atoms with Crippen LogP contribution in [0.15, 0.2) is 24.3 Å². The number of nitro groups is 2. The molecule has 1 aliphatic heterocycles. The molecule has 0 radical (unpaired) electrons. The Labute approximate surface area is 143 Å². The zero-order valence-corrected chi connectivity index (χ0v) is 13.0. The van der Waals surface area contributed by atoms with Gasteiger partial charge in [-0.1, -0.05) is 0 Å². The Morgan fingerprint density at radius 3 is 1.77 bits per heavy atom. The highest BCUT2D eigenvalue weighted by atomic mass is 16.6. The Kier molecular flexibility index (Phi) is 3.64. The number of rotatable bonds is 4. The summed E-state index contributed by atoms with van der Waals surface area (Å²) in [6, 6.07) is 2.33. The number of nitro benzene ring substituents is 2. The number of benzene rings is 2. The van der Waals surface area contributed by atoms with Gasteiger partial charge in [0, 0.05) is 29.7 Å². The minimum atomic E-state index is -1.56. The van der Waals surface area contributed by atoms with Gasteiger partial charge in [0.15, 0.2) is 0 Å². The molecule has 2 amide bonds. The van der Waals surface area contributed by atoms with E-state index in [0.29, 0.717) is 4.90 Å². The number of nitrogens with zero attached hydrogens (tertiary/aromatic N) is 3. The summed E-state index contributed by atoms with van der Waals surface area (Å²) >= 11 is 0. The van der Waals surface area contributed by atoms with E-state index in [0.717, 1.165) is 31.2 Å². The molecule has 2 aromatic carbocycles. The van der Waals surface area contributed by atoms with Crippen molar-refractivity contribution in [3.63, 3.8) is 0 Å². The number of imide groups is 1. The molecule has 1 atom stereocenters. The summed E-state index contributed by atoms with van der Waals surface area (Å²) in [5.41, 5.74) is -1.53. The maximum absolute atomic E-state index is 12.6. The monoisotopic (exact) mass is 359 g/mol. The highest BCUT2D eigenvalue weighted by molar-refractivity contribution is 6.27. The predicted octanol–water partition coefficient (Wildman–Crippen LogP) is 1.73. The molecule has 0 aromatic heterocycles. The lowest BCUT2D eigenvalue weighted by Gasteiger charge is -2.29. The van der Waals surface area contributed by atoms with Gasteiger partial charge >= 0.3 is 5.97 Å². The van der Waals surface area contributed by atoms with Gasteiger partial charge in [-0.05, 0) is 12.3 Å². The van der Waals surface area contributed by atoms with E-state index in [1.165, 1.54) is 0 Å². The van der Waals surface area contributed by atoms with Crippen molar-refractivity contribution < 1.29 is 29.3 Å². The van der Waals surface area contributed by atoms with Gasteiger partial charge in [0.2, 0.25) is 0 Å². The minimum absolute atomic E-state index is 0.0186. The van der Waals surface area contributed by atoms with Gasteiger partial charge in [0.25, 0.3) is 23.2 Å². The number of carboxylic acid groups (broad SMARTS) is 1. The highest BCUT2D eigenvalue weighted by Crippen LogP contribution is 2.36. The molecule has 3 rings (SSSR count). The fraction of sp³-hybridized carbons (Fsp3) is 0.133. The van der Waals surface area contributed by atoms with Gasteiger partial charge in [0.05, 0.1) is 21.0 Å². The largest absolute Gasteiger partial charge is 0.480 e. The molecule has 0 bridgehead atoms. The maximum atomic E-state index is 12.6. The molecule has 2 aromatic rings. The van der Waals surface area contributed by atoms with Crippen LogP contribution in [-0.2, 0) is 4.79 Å². The van der Waals surface area contributed by atoms with Crippen molar-refractivity contribution in [2.45, 2.75) is 13.0 Å². The first-order valence-corrected chi connectivity index (χ1v) is 7.14. The van der Waals surface area contributed by atoms with Crippen LogP contribution in [-0.4, -0.2) is 43.7 Å². The molecule has 26 heavy (non-hydrogen) atoms. The van der Waals surface area contributed by atoms with E-state index in [1.54, 1.807) is 0 Å². The summed E-state index contributed by atoms with van der Waals surface area (Å²) in [7, 11) is 0. The van der Waals surface area contributed by atoms with Crippen LogP contribution in [0.4, 0.5) is 11.4 Å². The summed E-state index contributed by atoms with van der Waals surface area (Å²) in [6.07, 6.45) is 0. The second kappa shape index (κ2) is 5.58. The molecule has 11 heteroatoms. The molecule has 0 spiro atoms. The van der Waals surface area contributed by atoms with E-state index in [2.05, 4.69) is 0 Å². The molecular weight excluding hydrogens is 350 g/mol. The van der Waals surface area contributed by atoms with Crippen molar-refractivity contribution in [2.75, 3.05) is 0 Å². The van der Waals surface area contributed by atoms with Gasteiger partial charge in [-0.25, -0.2) is 4.79 Å². The topological polar surface area (TPSA) is 161 Å². The van der Waals surface area contributed by atoms with Crippen molar-refractivity contribution in [2.24, 2.45) is 0 Å². The number of carboxylic acids is 1. The molecule has 11 nitrogen and oxygen atoms in total. The zero-order valence-electron chi connectivity index (χ0n) is 13.0. The Bertz CT molecular complexity index is 976. The first kappa shape index (κ1) is 17.0. The number of hydrogen-bond acceptors (Lipinski definition) is 7. The van der Waals surface area contributed by atoms with Crippen molar-refractivity contribution in [1.29, 1.82) is 0 Å². The number of aliphatic carboxylic acids is 1. The van der Waals surface area contributed by atoms with E-state index in [9.17, 15) is 34.6 Å². The number of amides is 2. The molecule has 0 fully saturated rings. The van der Waals surface area contributed by atoms with Crippen LogP contribution in [0.1, 0.15) is 27.6 Å². The molecule has 1 N–H and O–H groups in total. The van der Waals surface area contributed by atoms with Crippen molar-refractivity contribution in [3.8, 4) is 0 Å². The Morgan fingerprint density at radius 1 is 1.00 bits per heavy atom. The fourth-order valence-electron chi connectivity index (χ4n) is 2.85. The summed E-state index contributed by atoms with van der Waals surface area (Å²) in [5, 5.41) is 31.4. The third kappa shape index (κ3) is 2.33. The summed E-state index contributed by atoms with van der Waals surface area (Å²) in [6.45, 7) is 1.09. The quantitative estimate of drug-likeness (QED) is 0.490. The summed E-state index contributed by atoms with van der Waals surface area (Å²) in [4.78, 5) is 57.6. The van der Waals surface area contributed by atoms with Gasteiger partial charge in [-0.2, -0.15) is 0 Å². The zero-order chi connectivity index (χ0) is 19.3. The van der Waals surface area contributed by atoms with Crippen molar-refractivity contribution in [3.05, 3.63) is 55.6 Å². The van der Waals surface area contributed by atoms with Crippen LogP contribution in [0, 0.1) is 20.2 Å². The standard InChI is InChI=1S/C15H9N3O8/c1-6(15(21)22)16-13(19)10-4-8(17(23)24)2-7-3-9(18(25)26)5-11(12(7)10)14(16)20/h2-6H,1H3,(H,21,22). The van der Waals surface area contributed by atoms with E-state index < -0.39 is 45.0 Å². The maximum Gasteiger partial charge on any atom is 0.326 e. The van der Waals surface area contributed by atoms with Crippen LogP contribution in [0.2, 0.25) is 0 Å². The molecule has 0 aliphatic carbocycles. The first-order valence-electron chi connectivity index (χ1n) is 7.14. The average Bonchev–Trinajstić information content (AvgIpc) is 2.58. The normalized spacial score (nSPS) is 14.4. The van der Waals surface area contributed by atoms with E-state index in [-0.39, 0.29) is 21.9 Å². The summed E-state index contributed by atoms with van der Waals surface area (Å²) < 4.78 is 0. The number of non-ortho nitro benzene ring substituents is 2. The Hall–Kier alpha value is -3.89. The third-order valence-corrected chi connectivity index (χ3v) is 4.08. The molecule has 1 unspecified atom stereocenters. The van der Waals surface area contributed by atoms with Crippen molar-refractivity contribution >= 4 is 39.9 Å². The summed E-state index contributed by atoms with van der Waals surface area (Å²) in [5.74, 6) is -3.50. The number of carbonyl (C=O) groups excluding carboxylic acids is 2. The average molecular weight is 359 g/mol. The van der Waals surface area contributed by atoms with Gasteiger partial charge in [0.1, 0.15) is 6.04 Å². The predicted molar refractivity (Wildman–Crippen MR) is 84.9 cm³/mol. The number of hydrogen-bond donors (Lipinski definition) is 1. The molecule has 0 saturated carbocycles. The van der Waals surface area contributed by atoms with Crippen molar-refractivity contribution in [1.82, 2.24) is 4.90 Å². The second-order valence-corrected chi connectivity index (χ2v) is 5.59. The molecule has 0 saturated heterocycles. The smallest absolute Gasteiger partial charge is 0.326 e. The fourth-order valence-corrected chi connectivity index (χ4v) is 2.85. The SMILES string of the molecule is CC(C(=O)O)N1C(=O)c2cc([N+](=O)[O-])cc3cc([N+](=O)[O-])cc(c23)C1=O. The molecular formula is C15H9N3O8. The molecule has 1 aliphatic rings. The molecule has 1 heterocycles. The lowest BCUT2D eigenvalue weighted by Crippen LogP contribution is -2.49. The Balaban J connectivity index is 2.41. The minimum Gasteiger partial charge on any atom is -0.480 e. The van der Waals surface area contributed by atoms with Crippen LogP contribution in [0.5, 0.6) is 0 Å². The van der Waals surface area contributed by atoms with Crippen LogP contribution in [0.3, 0.4) is 0 Å². The van der Waals surface area contributed by atoms with Crippen LogP contribution >= 0.6 is 0 Å². The highest BCUT2D eigenvalue weighted by Gasteiger charge is 2.40. The molecule has 132 valence electrons. The number of carbonyl (C=O) groups is 3. The van der Waals surface area contributed by atoms with E-state index >= 15 is 0 Å². The lowest BCUT2D eigenvalue weighted by molar-refractivity contribution is -0.385. The van der Waals surface area contributed by atoms with Gasteiger partial charge in [-0.15, -0.1) is 0 Å². The Morgan fingerprint density at radius 2 is 1.42 bits per heavy atom. The third-order valence-electron chi connectivity index (χ3n) is 4.08. The van der Waals surface area contributed by atoms with Crippen LogP contribution < -0.4 is 0 Å². The van der Waals surface area contributed by atoms with E-state index in [1.807, 2.05) is 0 Å². The van der Waals surface area contributed by atoms with Crippen LogP contribution in [0.25, 0.3) is 10.8 Å². The van der Waals surface area contributed by atoms with Gasteiger partial charge in [-0.3, -0.25) is 34.7 Å². The van der Waals surface area contributed by atoms with Gasteiger partial charge < -0.3 is 5.11 Å². The second-order valence-electron chi connectivity index (χ2n) is 5.59. The van der Waals surface area contributed by atoms with E-state index in [4.69, 9.17) is 5.11 Å². The lowest BCUT2D eigenvalue weighted by atomic mass is 9.92.